The smallest absolute Gasteiger partial charge is 0.387 e. The maximum atomic E-state index is 13.2. The molecule has 1 aliphatic heterocycles. The topological polar surface area (TPSA) is 96.7 Å². The molecule has 1 aliphatic rings. The number of hydrogen-bond donors (Lipinski definition) is 2. The fourth-order valence-electron chi connectivity index (χ4n) is 4.11. The van der Waals surface area contributed by atoms with Gasteiger partial charge in [0.25, 0.3) is 5.91 Å². The molecular weight excluding hydrogens is 512 g/mol. The van der Waals surface area contributed by atoms with E-state index in [-0.39, 0.29) is 16.9 Å². The number of amides is 1. The van der Waals surface area contributed by atoms with Gasteiger partial charge >= 0.3 is 6.61 Å². The van der Waals surface area contributed by atoms with E-state index in [1.54, 1.807) is 18.5 Å². The fraction of sp³-hybridized carbons (Fsp3) is 0.304. The zero-order valence-electron chi connectivity index (χ0n) is 19.1. The number of anilines is 2. The number of carbonyl (C=O) groups is 1. The number of fused-ring (bicyclic) bond motifs is 1. The molecule has 36 heavy (non-hydrogen) atoms. The van der Waals surface area contributed by atoms with Crippen molar-refractivity contribution in [3.05, 3.63) is 53.4 Å². The third kappa shape index (κ3) is 4.97. The molecule has 4 heterocycles. The number of nitrogens with one attached hydrogen (secondary N) is 2. The fourth-order valence-corrected chi connectivity index (χ4v) is 5.31. The summed E-state index contributed by atoms with van der Waals surface area (Å²) in [6.07, 6.45) is 6.53. The van der Waals surface area contributed by atoms with Crippen molar-refractivity contribution in [2.24, 2.45) is 0 Å². The molecule has 0 bridgehead atoms. The van der Waals surface area contributed by atoms with Gasteiger partial charge in [0.15, 0.2) is 10.8 Å². The Kier molecular flexibility index (Phi) is 6.99. The molecule has 1 saturated heterocycles. The van der Waals surface area contributed by atoms with Crippen LogP contribution in [0.15, 0.2) is 42.9 Å². The zero-order valence-corrected chi connectivity index (χ0v) is 20.7. The Morgan fingerprint density at radius 1 is 1.31 bits per heavy atom. The summed E-state index contributed by atoms with van der Waals surface area (Å²) < 4.78 is 32.5. The van der Waals surface area contributed by atoms with Crippen molar-refractivity contribution in [2.45, 2.75) is 25.5 Å². The van der Waals surface area contributed by atoms with Crippen LogP contribution in [0.3, 0.4) is 0 Å². The molecule has 1 amide bonds. The van der Waals surface area contributed by atoms with Gasteiger partial charge < -0.3 is 20.3 Å². The van der Waals surface area contributed by atoms with Crippen molar-refractivity contribution in [2.75, 3.05) is 30.4 Å². The Labute approximate surface area is 214 Å². The lowest BCUT2D eigenvalue weighted by molar-refractivity contribution is -0.0494. The molecule has 0 saturated carbocycles. The number of piperidine rings is 1. The van der Waals surface area contributed by atoms with Crippen LogP contribution in [0, 0.1) is 0 Å². The first kappa shape index (κ1) is 24.3. The highest BCUT2D eigenvalue weighted by Crippen LogP contribution is 2.43. The van der Waals surface area contributed by atoms with Gasteiger partial charge in [-0.15, -0.1) is 0 Å². The van der Waals surface area contributed by atoms with Crippen LogP contribution in [0.2, 0.25) is 5.02 Å². The molecule has 5 rings (SSSR count). The average Bonchev–Trinajstić information content (AvgIpc) is 3.49. The van der Waals surface area contributed by atoms with E-state index in [1.165, 1.54) is 40.2 Å². The van der Waals surface area contributed by atoms with Gasteiger partial charge in [-0.3, -0.25) is 4.79 Å². The van der Waals surface area contributed by atoms with Gasteiger partial charge in [-0.05, 0) is 44.2 Å². The van der Waals surface area contributed by atoms with E-state index in [0.717, 1.165) is 25.9 Å². The third-order valence-electron chi connectivity index (χ3n) is 5.95. The van der Waals surface area contributed by atoms with Crippen LogP contribution >= 0.6 is 22.9 Å². The first-order chi connectivity index (χ1) is 17.4. The number of carbonyl (C=O) groups excluding carboxylic acids is 1. The molecule has 0 radical (unpaired) electrons. The van der Waals surface area contributed by atoms with Crippen LogP contribution in [-0.2, 0) is 0 Å². The lowest BCUT2D eigenvalue weighted by Gasteiger charge is -2.31. The van der Waals surface area contributed by atoms with Gasteiger partial charge in [-0.1, -0.05) is 22.9 Å². The monoisotopic (exact) mass is 533 g/mol. The molecular formula is C23H22ClF2N7O2S. The number of hydrogen-bond acceptors (Lipinski definition) is 8. The van der Waals surface area contributed by atoms with E-state index in [0.29, 0.717) is 32.5 Å². The maximum absolute atomic E-state index is 13.2. The third-order valence-corrected chi connectivity index (χ3v) is 7.22. The first-order valence-electron chi connectivity index (χ1n) is 11.2. The second kappa shape index (κ2) is 10.3. The molecule has 0 spiro atoms. The minimum atomic E-state index is -3.04. The number of benzene rings is 1. The van der Waals surface area contributed by atoms with E-state index < -0.39 is 12.5 Å². The van der Waals surface area contributed by atoms with Crippen LogP contribution in [0.1, 0.15) is 23.2 Å². The number of alkyl halides is 2. The van der Waals surface area contributed by atoms with Gasteiger partial charge in [0.2, 0.25) is 0 Å². The minimum absolute atomic E-state index is 0.0895. The summed E-state index contributed by atoms with van der Waals surface area (Å²) in [6.45, 7) is -1.51. The lowest BCUT2D eigenvalue weighted by Crippen LogP contribution is -2.41. The highest BCUT2D eigenvalue weighted by molar-refractivity contribution is 7.20. The highest BCUT2D eigenvalue weighted by Gasteiger charge is 2.26. The molecule has 1 fully saturated rings. The van der Waals surface area contributed by atoms with Crippen molar-refractivity contribution >= 4 is 44.6 Å². The number of ether oxygens (including phenoxy) is 1. The summed E-state index contributed by atoms with van der Waals surface area (Å²) in [5.41, 5.74) is 1.20. The van der Waals surface area contributed by atoms with Crippen LogP contribution in [0.25, 0.3) is 16.9 Å². The molecule has 3 aromatic heterocycles. The van der Waals surface area contributed by atoms with Gasteiger partial charge in [-0.2, -0.15) is 13.9 Å². The minimum Gasteiger partial charge on any atom is -0.434 e. The Morgan fingerprint density at radius 3 is 2.86 bits per heavy atom. The normalized spacial score (nSPS) is 14.5. The Balaban J connectivity index is 1.54. The zero-order chi connectivity index (χ0) is 25.2. The van der Waals surface area contributed by atoms with Gasteiger partial charge in [0, 0.05) is 42.1 Å². The van der Waals surface area contributed by atoms with Crippen molar-refractivity contribution in [1.29, 1.82) is 0 Å². The second-order valence-corrected chi connectivity index (χ2v) is 9.56. The van der Waals surface area contributed by atoms with Crippen molar-refractivity contribution in [3.8, 4) is 17.0 Å². The molecule has 9 nitrogen and oxygen atoms in total. The van der Waals surface area contributed by atoms with Gasteiger partial charge in [-0.25, -0.2) is 14.5 Å². The Morgan fingerprint density at radius 2 is 2.11 bits per heavy atom. The van der Waals surface area contributed by atoms with Crippen LogP contribution < -0.4 is 20.3 Å². The molecule has 0 aliphatic carbocycles. The molecule has 4 aromatic rings. The predicted molar refractivity (Wildman–Crippen MR) is 134 cm³/mol. The van der Waals surface area contributed by atoms with Crippen molar-refractivity contribution < 1.29 is 18.3 Å². The molecule has 0 atom stereocenters. The van der Waals surface area contributed by atoms with Crippen LogP contribution in [-0.4, -0.2) is 58.3 Å². The summed E-state index contributed by atoms with van der Waals surface area (Å²) in [4.78, 5) is 24.3. The summed E-state index contributed by atoms with van der Waals surface area (Å²) in [7, 11) is 1.94. The summed E-state index contributed by atoms with van der Waals surface area (Å²) in [6, 6.07) is 6.44. The van der Waals surface area contributed by atoms with Crippen LogP contribution in [0.4, 0.5) is 18.9 Å². The Bertz CT molecular complexity index is 1390. The quantitative estimate of drug-likeness (QED) is 0.360. The van der Waals surface area contributed by atoms with Crippen molar-refractivity contribution in [3.63, 3.8) is 0 Å². The molecule has 0 unspecified atom stereocenters. The van der Waals surface area contributed by atoms with E-state index in [1.807, 2.05) is 7.05 Å². The molecule has 1 aromatic carbocycles. The SMILES string of the molecule is CNC1CCN(c2nc(-c3cc(Cl)ccc3OC(F)F)c(NC(=O)c3cnn4cccnc34)s2)CC1. The number of aromatic nitrogens is 4. The van der Waals surface area contributed by atoms with Gasteiger partial charge in [0.1, 0.15) is 22.0 Å². The summed E-state index contributed by atoms with van der Waals surface area (Å²) >= 11 is 7.47. The van der Waals surface area contributed by atoms with E-state index >= 15 is 0 Å². The van der Waals surface area contributed by atoms with E-state index in [2.05, 4.69) is 25.6 Å². The van der Waals surface area contributed by atoms with Gasteiger partial charge in [0.05, 0.1) is 6.20 Å². The summed E-state index contributed by atoms with van der Waals surface area (Å²) in [5, 5.41) is 11.7. The van der Waals surface area contributed by atoms with Crippen LogP contribution in [0.5, 0.6) is 5.75 Å². The Hall–Kier alpha value is -3.35. The van der Waals surface area contributed by atoms with E-state index in [4.69, 9.17) is 21.3 Å². The highest BCUT2D eigenvalue weighted by atomic mass is 35.5. The van der Waals surface area contributed by atoms with Crippen molar-refractivity contribution in [1.82, 2.24) is 24.9 Å². The lowest BCUT2D eigenvalue weighted by atomic mass is 10.1. The number of rotatable bonds is 7. The second-order valence-electron chi connectivity index (χ2n) is 8.14. The standard InChI is InChI=1S/C23H22ClF2N7O2S/c1-27-14-5-9-32(10-6-14)23-30-18(15-11-13(24)3-4-17(15)35-22(25)26)21(36-23)31-20(34)16-12-29-33-8-2-7-28-19(16)33/h2-4,7-8,11-12,14,22,27H,5-6,9-10H2,1H3,(H,31,34). The molecule has 188 valence electrons. The largest absolute Gasteiger partial charge is 0.434 e. The van der Waals surface area contributed by atoms with E-state index in [9.17, 15) is 13.6 Å². The number of nitrogens with zero attached hydrogens (tertiary/aromatic N) is 5. The number of thiazole rings is 1. The maximum Gasteiger partial charge on any atom is 0.387 e. The predicted octanol–water partition coefficient (Wildman–Crippen LogP) is 4.55. The average molecular weight is 534 g/mol. The number of halogens is 3. The summed E-state index contributed by atoms with van der Waals surface area (Å²) in [5.74, 6) is -0.541. The molecule has 2 N–H and O–H groups in total. The molecule has 13 heteroatoms. The first-order valence-corrected chi connectivity index (χ1v) is 12.4.